The third kappa shape index (κ3) is 3.27. The van der Waals surface area contributed by atoms with E-state index in [0.717, 1.165) is 11.0 Å². The van der Waals surface area contributed by atoms with Crippen molar-refractivity contribution in [1.29, 1.82) is 0 Å². The van der Waals surface area contributed by atoms with Crippen LogP contribution in [0.3, 0.4) is 0 Å². The normalized spacial score (nSPS) is 9.65. The van der Waals surface area contributed by atoms with Crippen LogP contribution in [-0.2, 0) is 0 Å². The molecule has 0 fully saturated rings. The molecular formula is C13H11N3O3S. The Balaban J connectivity index is 0.000000149. The highest BCUT2D eigenvalue weighted by molar-refractivity contribution is 7.00. The van der Waals surface area contributed by atoms with E-state index in [9.17, 15) is 4.79 Å². The van der Waals surface area contributed by atoms with Gasteiger partial charge < -0.3 is 9.84 Å². The summed E-state index contributed by atoms with van der Waals surface area (Å²) in [6.07, 6.45) is 1.48. The van der Waals surface area contributed by atoms with Crippen LogP contribution in [0.4, 0.5) is 0 Å². The highest BCUT2D eigenvalue weighted by atomic mass is 32.1. The Bertz CT molecular complexity index is 684. The number of pyridine rings is 1. The van der Waals surface area contributed by atoms with E-state index in [2.05, 4.69) is 13.7 Å². The molecule has 0 saturated heterocycles. The second kappa shape index (κ2) is 6.58. The summed E-state index contributed by atoms with van der Waals surface area (Å²) in [5, 5.41) is 8.58. The van der Waals surface area contributed by atoms with Gasteiger partial charge >= 0.3 is 5.97 Å². The van der Waals surface area contributed by atoms with Gasteiger partial charge in [0.1, 0.15) is 16.6 Å². The molecule has 0 aliphatic carbocycles. The van der Waals surface area contributed by atoms with Crippen molar-refractivity contribution in [2.75, 3.05) is 7.11 Å². The molecule has 0 saturated carbocycles. The van der Waals surface area contributed by atoms with Gasteiger partial charge in [-0.05, 0) is 24.3 Å². The first-order valence-corrected chi connectivity index (χ1v) is 6.35. The van der Waals surface area contributed by atoms with Gasteiger partial charge in [0.2, 0.25) is 5.88 Å². The van der Waals surface area contributed by atoms with Crippen LogP contribution >= 0.6 is 11.7 Å². The summed E-state index contributed by atoms with van der Waals surface area (Å²) >= 11 is 1.25. The standard InChI is InChI=1S/C7H7NO3.C6H4N2S/c1-11-6-5(7(9)10)3-2-4-8-6;1-2-4-6-5(3-1)7-9-8-6/h2-4H,1H3,(H,9,10);1-4H. The largest absolute Gasteiger partial charge is 0.480 e. The molecule has 2 aromatic heterocycles. The van der Waals surface area contributed by atoms with Crippen molar-refractivity contribution in [1.82, 2.24) is 13.7 Å². The molecule has 0 radical (unpaired) electrons. The predicted molar refractivity (Wildman–Crippen MR) is 75.2 cm³/mol. The van der Waals surface area contributed by atoms with E-state index in [1.54, 1.807) is 6.07 Å². The molecule has 3 aromatic rings. The number of nitrogens with zero attached hydrogens (tertiary/aromatic N) is 3. The maximum absolute atomic E-state index is 10.5. The number of hydrogen-bond donors (Lipinski definition) is 1. The smallest absolute Gasteiger partial charge is 0.341 e. The number of carboxylic acid groups (broad SMARTS) is 1. The molecule has 3 rings (SSSR count). The molecule has 6 nitrogen and oxygen atoms in total. The number of aromatic nitrogens is 3. The summed E-state index contributed by atoms with van der Waals surface area (Å²) in [6.45, 7) is 0. The first-order valence-electron chi connectivity index (χ1n) is 5.62. The summed E-state index contributed by atoms with van der Waals surface area (Å²) in [7, 11) is 1.38. The van der Waals surface area contributed by atoms with Crippen molar-refractivity contribution in [3.63, 3.8) is 0 Å². The van der Waals surface area contributed by atoms with Gasteiger partial charge in [-0.15, -0.1) is 0 Å². The van der Waals surface area contributed by atoms with Crippen LogP contribution in [-0.4, -0.2) is 31.9 Å². The molecule has 7 heteroatoms. The van der Waals surface area contributed by atoms with Crippen LogP contribution in [0.25, 0.3) is 11.0 Å². The van der Waals surface area contributed by atoms with Crippen molar-refractivity contribution in [3.8, 4) is 5.88 Å². The summed E-state index contributed by atoms with van der Waals surface area (Å²) in [4.78, 5) is 14.2. The Kier molecular flexibility index (Phi) is 4.56. The van der Waals surface area contributed by atoms with E-state index < -0.39 is 5.97 Å². The van der Waals surface area contributed by atoms with Crippen molar-refractivity contribution in [3.05, 3.63) is 48.2 Å². The summed E-state index contributed by atoms with van der Waals surface area (Å²) in [6, 6.07) is 10.8. The van der Waals surface area contributed by atoms with Gasteiger partial charge in [-0.3, -0.25) is 0 Å². The average molecular weight is 289 g/mol. The van der Waals surface area contributed by atoms with Crippen LogP contribution in [0.1, 0.15) is 10.4 Å². The van der Waals surface area contributed by atoms with Gasteiger partial charge in [0.25, 0.3) is 0 Å². The molecule has 0 spiro atoms. The van der Waals surface area contributed by atoms with E-state index in [-0.39, 0.29) is 11.4 Å². The SMILES string of the molecule is COc1ncccc1C(=O)O.c1ccc2nsnc2c1. The number of ether oxygens (including phenoxy) is 1. The highest BCUT2D eigenvalue weighted by Gasteiger charge is 2.09. The molecule has 0 atom stereocenters. The third-order valence-corrected chi connectivity index (χ3v) is 2.91. The number of aromatic carboxylic acids is 1. The van der Waals surface area contributed by atoms with E-state index in [4.69, 9.17) is 9.84 Å². The number of hydrogen-bond acceptors (Lipinski definition) is 6. The fourth-order valence-electron chi connectivity index (χ4n) is 1.44. The molecule has 0 aliphatic heterocycles. The Labute approximate surface area is 119 Å². The van der Waals surface area contributed by atoms with Crippen molar-refractivity contribution >= 4 is 28.7 Å². The topological polar surface area (TPSA) is 85.2 Å². The molecule has 2 heterocycles. The van der Waals surface area contributed by atoms with Gasteiger partial charge in [-0.2, -0.15) is 8.75 Å². The zero-order valence-electron chi connectivity index (χ0n) is 10.6. The lowest BCUT2D eigenvalue weighted by Gasteiger charge is -2.00. The minimum Gasteiger partial charge on any atom is -0.480 e. The lowest BCUT2D eigenvalue weighted by molar-refractivity contribution is 0.0692. The van der Waals surface area contributed by atoms with Crippen LogP contribution in [0.15, 0.2) is 42.6 Å². The number of rotatable bonds is 2. The molecule has 0 unspecified atom stereocenters. The van der Waals surface area contributed by atoms with Crippen molar-refractivity contribution in [2.24, 2.45) is 0 Å². The number of carboxylic acids is 1. The second-order valence-corrected chi connectivity index (χ2v) is 4.15. The van der Waals surface area contributed by atoms with Gasteiger partial charge in [0.15, 0.2) is 0 Å². The fourth-order valence-corrected chi connectivity index (χ4v) is 1.97. The highest BCUT2D eigenvalue weighted by Crippen LogP contribution is 2.12. The zero-order valence-corrected chi connectivity index (χ0v) is 11.4. The van der Waals surface area contributed by atoms with E-state index in [1.165, 1.54) is 31.1 Å². The van der Waals surface area contributed by atoms with Crippen LogP contribution < -0.4 is 4.74 Å². The first kappa shape index (κ1) is 13.9. The monoisotopic (exact) mass is 289 g/mol. The maximum atomic E-state index is 10.5. The Morgan fingerprint density at radius 2 is 1.80 bits per heavy atom. The van der Waals surface area contributed by atoms with Gasteiger partial charge in [-0.25, -0.2) is 9.78 Å². The van der Waals surface area contributed by atoms with Crippen molar-refractivity contribution in [2.45, 2.75) is 0 Å². The predicted octanol–water partition coefficient (Wildman–Crippen LogP) is 2.48. The minimum atomic E-state index is -1.03. The molecule has 1 aromatic carbocycles. The lowest BCUT2D eigenvalue weighted by Crippen LogP contribution is -2.01. The number of methoxy groups -OCH3 is 1. The van der Waals surface area contributed by atoms with E-state index >= 15 is 0 Å². The molecule has 102 valence electrons. The number of fused-ring (bicyclic) bond motifs is 1. The fraction of sp³-hybridized carbons (Fsp3) is 0.0769. The van der Waals surface area contributed by atoms with Crippen LogP contribution in [0.5, 0.6) is 5.88 Å². The van der Waals surface area contributed by atoms with Gasteiger partial charge in [0, 0.05) is 6.20 Å². The Morgan fingerprint density at radius 1 is 1.15 bits per heavy atom. The van der Waals surface area contributed by atoms with Crippen LogP contribution in [0, 0.1) is 0 Å². The average Bonchev–Trinajstić information content (AvgIpc) is 2.96. The molecule has 0 bridgehead atoms. The maximum Gasteiger partial charge on any atom is 0.341 e. The lowest BCUT2D eigenvalue weighted by atomic mass is 10.3. The molecule has 0 aliphatic rings. The second-order valence-electron chi connectivity index (χ2n) is 3.62. The summed E-state index contributed by atoms with van der Waals surface area (Å²) in [5.74, 6) is -0.894. The number of benzene rings is 1. The summed E-state index contributed by atoms with van der Waals surface area (Å²) < 4.78 is 12.8. The number of carbonyl (C=O) groups is 1. The van der Waals surface area contributed by atoms with Crippen LogP contribution in [0.2, 0.25) is 0 Å². The van der Waals surface area contributed by atoms with Gasteiger partial charge in [-0.1, -0.05) is 12.1 Å². The van der Waals surface area contributed by atoms with Gasteiger partial charge in [0.05, 0.1) is 18.8 Å². The first-order chi connectivity index (χ1) is 9.72. The molecule has 20 heavy (non-hydrogen) atoms. The third-order valence-electron chi connectivity index (χ3n) is 2.35. The van der Waals surface area contributed by atoms with Crippen molar-refractivity contribution < 1.29 is 14.6 Å². The molecule has 1 N–H and O–H groups in total. The zero-order chi connectivity index (χ0) is 14.4. The summed E-state index contributed by atoms with van der Waals surface area (Å²) in [5.41, 5.74) is 2.06. The Morgan fingerprint density at radius 3 is 2.30 bits per heavy atom. The minimum absolute atomic E-state index is 0.0787. The molecular weight excluding hydrogens is 278 g/mol. The Hall–Kier alpha value is -2.54. The quantitative estimate of drug-likeness (QED) is 0.780. The molecule has 0 amide bonds. The van der Waals surface area contributed by atoms with E-state index in [1.807, 2.05) is 24.3 Å². The van der Waals surface area contributed by atoms with E-state index in [0.29, 0.717) is 0 Å².